The molecule has 0 spiro atoms. The van der Waals surface area contributed by atoms with Crippen molar-refractivity contribution in [3.8, 4) is 0 Å². The Morgan fingerprint density at radius 1 is 1.19 bits per heavy atom. The molecule has 0 atom stereocenters. The van der Waals surface area contributed by atoms with Crippen LogP contribution in [-0.2, 0) is 28.7 Å². The third-order valence-electron chi connectivity index (χ3n) is 5.68. The van der Waals surface area contributed by atoms with E-state index in [2.05, 4.69) is 26.0 Å². The Kier molecular flexibility index (Phi) is 5.50. The van der Waals surface area contributed by atoms with Gasteiger partial charge in [-0.05, 0) is 58.1 Å². The van der Waals surface area contributed by atoms with Gasteiger partial charge in [0.1, 0.15) is 16.8 Å². The zero-order valence-corrected chi connectivity index (χ0v) is 19.4. The molecule has 0 unspecified atom stereocenters. The van der Waals surface area contributed by atoms with Crippen LogP contribution in [0.5, 0.6) is 0 Å². The highest BCUT2D eigenvalue weighted by Gasteiger charge is 2.31. The maximum Gasteiger partial charge on any atom is 0.419 e. The van der Waals surface area contributed by atoms with E-state index < -0.39 is 5.60 Å². The molecule has 3 aromatic rings. The summed E-state index contributed by atoms with van der Waals surface area (Å²) in [4.78, 5) is 13.4. The van der Waals surface area contributed by atoms with Crippen LogP contribution < -0.4 is 4.52 Å². The van der Waals surface area contributed by atoms with Gasteiger partial charge < -0.3 is 9.47 Å². The molecule has 0 saturated heterocycles. The highest BCUT2D eigenvalue weighted by atomic mass is 16.6. The number of aryl methyl sites for hydroxylation is 3. The number of pyridine rings is 1. The Labute approximate surface area is 183 Å². The van der Waals surface area contributed by atoms with Crippen LogP contribution >= 0.6 is 0 Å². The molecule has 0 N–H and O–H groups in total. The van der Waals surface area contributed by atoms with Crippen LogP contribution in [0.2, 0.25) is 0 Å². The molecule has 0 bridgehead atoms. The zero-order valence-electron chi connectivity index (χ0n) is 19.4. The molecule has 1 aliphatic rings. The summed E-state index contributed by atoms with van der Waals surface area (Å²) in [6, 6.07) is 4.24. The Balaban J connectivity index is 2.08. The number of rotatable bonds is 4. The van der Waals surface area contributed by atoms with Crippen LogP contribution in [0.4, 0.5) is 4.79 Å². The first kappa shape index (κ1) is 21.3. The fraction of sp³-hybridized carbons (Fsp3) is 0.480. The molecule has 0 aromatic carbocycles. The number of aromatic nitrogens is 3. The number of hydrogen-bond donors (Lipinski definition) is 0. The van der Waals surface area contributed by atoms with Gasteiger partial charge in [0, 0.05) is 35.1 Å². The molecule has 6 heteroatoms. The van der Waals surface area contributed by atoms with Crippen LogP contribution in [0.25, 0.3) is 22.5 Å². The van der Waals surface area contributed by atoms with Crippen molar-refractivity contribution < 1.29 is 18.8 Å². The molecular weight excluding hydrogens is 390 g/mol. The molecule has 164 valence electrons. The minimum Gasteiger partial charge on any atom is -0.498 e. The van der Waals surface area contributed by atoms with Crippen LogP contribution in [0.3, 0.4) is 0 Å². The molecule has 0 aliphatic heterocycles. The van der Waals surface area contributed by atoms with Gasteiger partial charge in [-0.3, -0.25) is 0 Å². The topological polar surface area (TPSA) is 57.5 Å². The molecule has 6 nitrogen and oxygen atoms in total. The van der Waals surface area contributed by atoms with E-state index in [1.807, 2.05) is 44.5 Å². The van der Waals surface area contributed by atoms with E-state index in [9.17, 15) is 4.79 Å². The molecular formula is C25H32N3O3+. The lowest BCUT2D eigenvalue weighted by Crippen LogP contribution is -2.31. The van der Waals surface area contributed by atoms with Crippen LogP contribution in [0, 0.1) is 0 Å². The summed E-state index contributed by atoms with van der Waals surface area (Å²) < 4.78 is 15.2. The number of nitrogens with zero attached hydrogens (tertiary/aromatic N) is 3. The molecule has 0 fully saturated rings. The Morgan fingerprint density at radius 2 is 1.97 bits per heavy atom. The fourth-order valence-electron chi connectivity index (χ4n) is 4.37. The lowest BCUT2D eigenvalue weighted by Gasteiger charge is -2.21. The molecule has 3 heterocycles. The fourth-order valence-corrected chi connectivity index (χ4v) is 4.37. The predicted molar refractivity (Wildman–Crippen MR) is 121 cm³/mol. The van der Waals surface area contributed by atoms with Gasteiger partial charge in [-0.1, -0.05) is 18.4 Å². The number of carbonyl (C=O) groups is 1. The van der Waals surface area contributed by atoms with E-state index in [1.165, 1.54) is 5.56 Å². The first-order chi connectivity index (χ1) is 14.8. The molecule has 0 saturated carbocycles. The third-order valence-corrected chi connectivity index (χ3v) is 5.68. The van der Waals surface area contributed by atoms with Gasteiger partial charge in [-0.25, -0.2) is 9.36 Å². The monoisotopic (exact) mass is 422 g/mol. The molecule has 1 aliphatic carbocycles. The van der Waals surface area contributed by atoms with Crippen LogP contribution in [0.1, 0.15) is 70.5 Å². The number of hydrogen-bond acceptors (Lipinski definition) is 4. The maximum atomic E-state index is 13.4. The van der Waals surface area contributed by atoms with Crippen molar-refractivity contribution in [1.82, 2.24) is 9.67 Å². The van der Waals surface area contributed by atoms with E-state index in [0.717, 1.165) is 64.8 Å². The number of ether oxygens (including phenoxy) is 2. The Bertz CT molecular complexity index is 1200. The minimum absolute atomic E-state index is 0.376. The smallest absolute Gasteiger partial charge is 0.419 e. The van der Waals surface area contributed by atoms with Gasteiger partial charge in [-0.2, -0.15) is 0 Å². The summed E-state index contributed by atoms with van der Waals surface area (Å²) in [7, 11) is 0. The number of carbonyl (C=O) groups excluding carboxylic acids is 1. The lowest BCUT2D eigenvalue weighted by molar-refractivity contribution is -0.580. The standard InChI is InChI=1S/C25H32N3O3/c1-7-16-14-22-23-19(12-13-27(22)26-20(16)8-2)18-11-10-17(30-9-3)15-21(18)28(23)24(29)31-25(4,5)6/h12-15H,7-11H2,1-6H3/q+1. The average Bonchev–Trinajstić information content (AvgIpc) is 3.05. The first-order valence-electron chi connectivity index (χ1n) is 11.2. The van der Waals surface area contributed by atoms with Gasteiger partial charge in [-0.15, -0.1) is 0 Å². The predicted octanol–water partition coefficient (Wildman–Crippen LogP) is 5.01. The summed E-state index contributed by atoms with van der Waals surface area (Å²) in [5.74, 6) is 0.903. The Morgan fingerprint density at radius 3 is 2.61 bits per heavy atom. The second-order valence-corrected chi connectivity index (χ2v) is 8.95. The van der Waals surface area contributed by atoms with Gasteiger partial charge in [0.05, 0.1) is 18.1 Å². The number of fused-ring (bicyclic) bond motifs is 5. The highest BCUT2D eigenvalue weighted by molar-refractivity contribution is 6.03. The first-order valence-corrected chi connectivity index (χ1v) is 11.2. The summed E-state index contributed by atoms with van der Waals surface area (Å²) in [5.41, 5.74) is 5.46. The van der Waals surface area contributed by atoms with Crippen LogP contribution in [0.15, 0.2) is 24.1 Å². The molecule has 31 heavy (non-hydrogen) atoms. The zero-order chi connectivity index (χ0) is 22.3. The summed E-state index contributed by atoms with van der Waals surface area (Å²) in [5, 5.41) is 5.92. The van der Waals surface area contributed by atoms with Crippen molar-refractivity contribution in [3.05, 3.63) is 46.6 Å². The molecule has 0 radical (unpaired) electrons. The summed E-state index contributed by atoms with van der Waals surface area (Å²) in [6.45, 7) is 12.5. The SMILES string of the molecule is CCOC1=Cc2c(c3cc[n+]4nc(CC)c(CC)cc4c3n2C(=O)OC(C)(C)C)CC1. The lowest BCUT2D eigenvalue weighted by atomic mass is 9.99. The average molecular weight is 423 g/mol. The third kappa shape index (κ3) is 3.80. The van der Waals surface area contributed by atoms with E-state index in [0.29, 0.717) is 6.61 Å². The summed E-state index contributed by atoms with van der Waals surface area (Å²) in [6.07, 6.45) is 7.03. The van der Waals surface area contributed by atoms with E-state index in [-0.39, 0.29) is 6.09 Å². The molecule has 3 aromatic heterocycles. The van der Waals surface area contributed by atoms with Gasteiger partial charge >= 0.3 is 6.09 Å². The van der Waals surface area contributed by atoms with Gasteiger partial charge in [0.15, 0.2) is 0 Å². The summed E-state index contributed by atoms with van der Waals surface area (Å²) >= 11 is 0. The maximum absolute atomic E-state index is 13.4. The van der Waals surface area contributed by atoms with Crippen molar-refractivity contribution >= 4 is 28.6 Å². The normalized spacial score (nSPS) is 13.9. The van der Waals surface area contributed by atoms with Gasteiger partial charge in [0.25, 0.3) is 5.52 Å². The van der Waals surface area contributed by atoms with E-state index in [4.69, 9.17) is 14.6 Å². The van der Waals surface area contributed by atoms with Crippen molar-refractivity contribution in [2.45, 2.75) is 72.8 Å². The highest BCUT2D eigenvalue weighted by Crippen LogP contribution is 2.35. The largest absolute Gasteiger partial charge is 0.498 e. The van der Waals surface area contributed by atoms with Crippen molar-refractivity contribution in [3.63, 3.8) is 0 Å². The molecule has 0 amide bonds. The van der Waals surface area contributed by atoms with E-state index in [1.54, 1.807) is 4.57 Å². The second-order valence-electron chi connectivity index (χ2n) is 8.95. The Hall–Kier alpha value is -2.89. The van der Waals surface area contributed by atoms with Crippen molar-refractivity contribution in [2.24, 2.45) is 0 Å². The molecule has 4 rings (SSSR count). The second kappa shape index (κ2) is 7.98. The van der Waals surface area contributed by atoms with Crippen LogP contribution in [-0.4, -0.2) is 28.0 Å². The van der Waals surface area contributed by atoms with Crippen molar-refractivity contribution in [1.29, 1.82) is 0 Å². The quantitative estimate of drug-likeness (QED) is 0.555. The van der Waals surface area contributed by atoms with Gasteiger partial charge in [0.2, 0.25) is 6.20 Å². The van der Waals surface area contributed by atoms with Crippen molar-refractivity contribution in [2.75, 3.05) is 6.61 Å². The number of allylic oxidation sites excluding steroid dienone is 1. The van der Waals surface area contributed by atoms with E-state index >= 15 is 0 Å². The minimum atomic E-state index is -0.596.